The van der Waals surface area contributed by atoms with Gasteiger partial charge in [-0.25, -0.2) is 4.79 Å². The highest BCUT2D eigenvalue weighted by Crippen LogP contribution is 2.23. The van der Waals surface area contributed by atoms with Crippen LogP contribution < -0.4 is 4.74 Å². The lowest BCUT2D eigenvalue weighted by Crippen LogP contribution is -1.97. The number of benzene rings is 2. The lowest BCUT2D eigenvalue weighted by molar-refractivity contribution is -0.134. The number of carbonyl (C=O) groups excluding carboxylic acids is 1. The SMILES string of the molecule is COC(=O)/C=C/c1ccc(COc2cccc3cccnc23)cc1. The molecule has 2 aromatic carbocycles. The van der Waals surface area contributed by atoms with Crippen LogP contribution in [0.1, 0.15) is 11.1 Å². The predicted molar refractivity (Wildman–Crippen MR) is 93.6 cm³/mol. The lowest BCUT2D eigenvalue weighted by atomic mass is 10.1. The van der Waals surface area contributed by atoms with Crippen LogP contribution >= 0.6 is 0 Å². The lowest BCUT2D eigenvalue weighted by Gasteiger charge is -2.09. The van der Waals surface area contributed by atoms with Crippen molar-refractivity contribution >= 4 is 22.9 Å². The van der Waals surface area contributed by atoms with Crippen LogP contribution in [0, 0.1) is 0 Å². The highest BCUT2D eigenvalue weighted by Gasteiger charge is 2.03. The second-order valence-corrected chi connectivity index (χ2v) is 5.22. The number of fused-ring (bicyclic) bond motifs is 1. The van der Waals surface area contributed by atoms with E-state index in [-0.39, 0.29) is 5.97 Å². The standard InChI is InChI=1S/C20H17NO3/c1-23-19(22)12-11-15-7-9-16(10-8-15)14-24-18-6-2-4-17-5-3-13-21-20(17)18/h2-13H,14H2,1H3/b12-11+. The summed E-state index contributed by atoms with van der Waals surface area (Å²) >= 11 is 0. The van der Waals surface area contributed by atoms with Crippen LogP contribution in [-0.2, 0) is 16.1 Å². The minimum absolute atomic E-state index is 0.370. The molecule has 0 atom stereocenters. The highest BCUT2D eigenvalue weighted by molar-refractivity contribution is 5.87. The third-order valence-electron chi connectivity index (χ3n) is 3.58. The first-order valence-corrected chi connectivity index (χ1v) is 7.58. The van der Waals surface area contributed by atoms with Gasteiger partial charge >= 0.3 is 5.97 Å². The number of hydrogen-bond acceptors (Lipinski definition) is 4. The average Bonchev–Trinajstić information content (AvgIpc) is 2.65. The maximum Gasteiger partial charge on any atom is 0.330 e. The van der Waals surface area contributed by atoms with Gasteiger partial charge in [0.2, 0.25) is 0 Å². The fourth-order valence-corrected chi connectivity index (χ4v) is 2.31. The summed E-state index contributed by atoms with van der Waals surface area (Å²) in [5, 5.41) is 1.05. The van der Waals surface area contributed by atoms with Gasteiger partial charge in [-0.15, -0.1) is 0 Å². The van der Waals surface area contributed by atoms with Crippen LogP contribution in [0.2, 0.25) is 0 Å². The first-order valence-electron chi connectivity index (χ1n) is 7.58. The van der Waals surface area contributed by atoms with Gasteiger partial charge in [0.1, 0.15) is 17.9 Å². The first-order chi connectivity index (χ1) is 11.8. The van der Waals surface area contributed by atoms with Crippen molar-refractivity contribution < 1.29 is 14.3 Å². The number of pyridine rings is 1. The Hall–Kier alpha value is -3.14. The topological polar surface area (TPSA) is 48.4 Å². The molecule has 3 aromatic rings. The van der Waals surface area contributed by atoms with E-state index in [9.17, 15) is 4.79 Å². The number of para-hydroxylation sites is 1. The molecule has 0 aliphatic rings. The van der Waals surface area contributed by atoms with E-state index in [1.807, 2.05) is 54.6 Å². The molecule has 3 rings (SSSR count). The first kappa shape index (κ1) is 15.7. The number of hydrogen-bond donors (Lipinski definition) is 0. The van der Waals surface area contributed by atoms with Crippen molar-refractivity contribution in [3.05, 3.63) is 78.0 Å². The third-order valence-corrected chi connectivity index (χ3v) is 3.58. The van der Waals surface area contributed by atoms with Crippen molar-refractivity contribution in [2.45, 2.75) is 6.61 Å². The molecular formula is C20H17NO3. The summed E-state index contributed by atoms with van der Waals surface area (Å²) in [6.07, 6.45) is 4.87. The zero-order valence-electron chi connectivity index (χ0n) is 13.3. The van der Waals surface area contributed by atoms with Gasteiger partial charge in [0.15, 0.2) is 0 Å². The fourth-order valence-electron chi connectivity index (χ4n) is 2.31. The van der Waals surface area contributed by atoms with Crippen molar-refractivity contribution in [1.82, 2.24) is 4.98 Å². The molecule has 0 radical (unpaired) electrons. The normalized spacial score (nSPS) is 10.9. The maximum atomic E-state index is 11.1. The third kappa shape index (κ3) is 3.79. The smallest absolute Gasteiger partial charge is 0.330 e. The van der Waals surface area contributed by atoms with E-state index in [2.05, 4.69) is 9.72 Å². The minimum atomic E-state index is -0.370. The summed E-state index contributed by atoms with van der Waals surface area (Å²) in [5.41, 5.74) is 2.83. The van der Waals surface area contributed by atoms with E-state index in [0.29, 0.717) is 6.61 Å². The zero-order chi connectivity index (χ0) is 16.8. The second kappa shape index (κ2) is 7.42. The second-order valence-electron chi connectivity index (χ2n) is 5.22. The molecule has 0 aliphatic heterocycles. The van der Waals surface area contributed by atoms with Crippen molar-refractivity contribution in [2.24, 2.45) is 0 Å². The Morgan fingerprint density at radius 3 is 2.67 bits per heavy atom. The minimum Gasteiger partial charge on any atom is -0.487 e. The van der Waals surface area contributed by atoms with Crippen molar-refractivity contribution in [2.75, 3.05) is 7.11 Å². The molecule has 0 aliphatic carbocycles. The number of ether oxygens (including phenoxy) is 2. The van der Waals surface area contributed by atoms with Crippen LogP contribution in [0.3, 0.4) is 0 Å². The van der Waals surface area contributed by atoms with Gasteiger partial charge in [0.05, 0.1) is 7.11 Å². The van der Waals surface area contributed by atoms with Crippen molar-refractivity contribution in [3.63, 3.8) is 0 Å². The van der Waals surface area contributed by atoms with Gasteiger partial charge in [-0.2, -0.15) is 0 Å². The molecule has 0 saturated heterocycles. The van der Waals surface area contributed by atoms with Crippen LogP contribution in [0.5, 0.6) is 5.75 Å². The quantitative estimate of drug-likeness (QED) is 0.527. The summed E-state index contributed by atoms with van der Waals surface area (Å²) < 4.78 is 10.5. The van der Waals surface area contributed by atoms with Gasteiger partial charge < -0.3 is 9.47 Å². The summed E-state index contributed by atoms with van der Waals surface area (Å²) in [6, 6.07) is 17.6. The molecule has 0 fully saturated rings. The molecule has 0 spiro atoms. The summed E-state index contributed by atoms with van der Waals surface area (Å²) in [6.45, 7) is 0.455. The number of carbonyl (C=O) groups is 1. The highest BCUT2D eigenvalue weighted by atomic mass is 16.5. The van der Waals surface area contributed by atoms with E-state index in [4.69, 9.17) is 4.74 Å². The molecule has 120 valence electrons. The Balaban J connectivity index is 1.68. The number of methoxy groups -OCH3 is 1. The van der Waals surface area contributed by atoms with E-state index in [1.54, 1.807) is 12.3 Å². The molecular weight excluding hydrogens is 302 g/mol. The molecule has 4 nitrogen and oxygen atoms in total. The van der Waals surface area contributed by atoms with E-state index in [1.165, 1.54) is 13.2 Å². The molecule has 4 heteroatoms. The maximum absolute atomic E-state index is 11.1. The van der Waals surface area contributed by atoms with Gasteiger partial charge in [0, 0.05) is 17.7 Å². The molecule has 1 aromatic heterocycles. The number of esters is 1. The van der Waals surface area contributed by atoms with E-state index < -0.39 is 0 Å². The van der Waals surface area contributed by atoms with Crippen molar-refractivity contribution in [3.8, 4) is 5.75 Å². The number of nitrogens with zero attached hydrogens (tertiary/aromatic N) is 1. The Bertz CT molecular complexity index is 864. The molecule has 0 bridgehead atoms. The molecule has 1 heterocycles. The molecule has 0 amide bonds. The Morgan fingerprint density at radius 1 is 1.08 bits per heavy atom. The Morgan fingerprint density at radius 2 is 1.88 bits per heavy atom. The Labute approximate surface area is 140 Å². The number of aromatic nitrogens is 1. The van der Waals surface area contributed by atoms with Crippen LogP contribution in [0.15, 0.2) is 66.9 Å². The zero-order valence-corrected chi connectivity index (χ0v) is 13.3. The Kier molecular flexibility index (Phi) is 4.87. The van der Waals surface area contributed by atoms with Crippen LogP contribution in [-0.4, -0.2) is 18.1 Å². The fraction of sp³-hybridized carbons (Fsp3) is 0.100. The predicted octanol–water partition coefficient (Wildman–Crippen LogP) is 4.00. The van der Waals surface area contributed by atoms with E-state index >= 15 is 0 Å². The van der Waals surface area contributed by atoms with Gasteiger partial charge in [0.25, 0.3) is 0 Å². The molecule has 0 unspecified atom stereocenters. The van der Waals surface area contributed by atoms with Gasteiger partial charge in [-0.3, -0.25) is 4.98 Å². The molecule has 0 saturated carbocycles. The summed E-state index contributed by atoms with van der Waals surface area (Å²) in [4.78, 5) is 15.5. The summed E-state index contributed by atoms with van der Waals surface area (Å²) in [5.74, 6) is 0.397. The molecule has 24 heavy (non-hydrogen) atoms. The van der Waals surface area contributed by atoms with Crippen molar-refractivity contribution in [1.29, 1.82) is 0 Å². The van der Waals surface area contributed by atoms with Gasteiger partial charge in [-0.05, 0) is 29.3 Å². The molecule has 0 N–H and O–H groups in total. The van der Waals surface area contributed by atoms with E-state index in [0.717, 1.165) is 27.8 Å². The average molecular weight is 319 g/mol. The van der Waals surface area contributed by atoms with Crippen LogP contribution in [0.25, 0.3) is 17.0 Å². The summed E-state index contributed by atoms with van der Waals surface area (Å²) in [7, 11) is 1.36. The monoisotopic (exact) mass is 319 g/mol. The van der Waals surface area contributed by atoms with Gasteiger partial charge in [-0.1, -0.05) is 42.5 Å². The largest absolute Gasteiger partial charge is 0.487 e. The van der Waals surface area contributed by atoms with Crippen LogP contribution in [0.4, 0.5) is 0 Å². The number of rotatable bonds is 5.